The SMILES string of the molecule is O=C(Nc1ccc2nc(N3CCOCC3)sc2c1)/C(=C/c1ccco1)n1nnnc1-c1ccccc1. The first-order chi connectivity index (χ1) is 17.7. The van der Waals surface area contributed by atoms with Crippen LogP contribution in [0.4, 0.5) is 10.8 Å². The Balaban J connectivity index is 1.32. The van der Waals surface area contributed by atoms with E-state index in [0.29, 0.717) is 30.5 Å². The third-order valence-electron chi connectivity index (χ3n) is 5.70. The zero-order valence-electron chi connectivity index (χ0n) is 19.1. The van der Waals surface area contributed by atoms with E-state index in [4.69, 9.17) is 14.1 Å². The van der Waals surface area contributed by atoms with Crippen molar-refractivity contribution in [2.45, 2.75) is 0 Å². The van der Waals surface area contributed by atoms with Gasteiger partial charge in [0.05, 0.1) is 29.7 Å². The van der Waals surface area contributed by atoms with Gasteiger partial charge < -0.3 is 19.4 Å². The molecule has 36 heavy (non-hydrogen) atoms. The van der Waals surface area contributed by atoms with Crippen LogP contribution in [0.1, 0.15) is 5.76 Å². The van der Waals surface area contributed by atoms with E-state index in [-0.39, 0.29) is 11.6 Å². The molecule has 0 spiro atoms. The van der Waals surface area contributed by atoms with E-state index in [9.17, 15) is 4.79 Å². The Morgan fingerprint density at radius 2 is 1.92 bits per heavy atom. The lowest BCUT2D eigenvalue weighted by atomic mass is 10.2. The van der Waals surface area contributed by atoms with Crippen molar-refractivity contribution >= 4 is 50.1 Å². The smallest absolute Gasteiger partial charge is 0.274 e. The quantitative estimate of drug-likeness (QED) is 0.349. The maximum atomic E-state index is 13.5. The number of carbonyl (C=O) groups excluding carboxylic acids is 1. The van der Waals surface area contributed by atoms with E-state index in [1.165, 1.54) is 4.68 Å². The van der Waals surface area contributed by atoms with E-state index >= 15 is 0 Å². The summed E-state index contributed by atoms with van der Waals surface area (Å²) in [6.07, 6.45) is 3.16. The molecular weight excluding hydrogens is 478 g/mol. The third-order valence-corrected chi connectivity index (χ3v) is 6.78. The first kappa shape index (κ1) is 22.1. The fraction of sp³-hybridized carbons (Fsp3) is 0.160. The molecule has 1 saturated heterocycles. The molecule has 10 nitrogen and oxygen atoms in total. The predicted molar refractivity (Wildman–Crippen MR) is 137 cm³/mol. The van der Waals surface area contributed by atoms with E-state index in [2.05, 4.69) is 25.7 Å². The maximum Gasteiger partial charge on any atom is 0.274 e. The number of amides is 1. The van der Waals surface area contributed by atoms with Crippen LogP contribution in [-0.4, -0.2) is 57.4 Å². The number of hydrogen-bond donors (Lipinski definition) is 1. The molecule has 1 aliphatic rings. The van der Waals surface area contributed by atoms with Crippen molar-refractivity contribution in [2.24, 2.45) is 0 Å². The summed E-state index contributed by atoms with van der Waals surface area (Å²) in [5, 5.41) is 16.0. The number of furan rings is 1. The van der Waals surface area contributed by atoms with E-state index in [0.717, 1.165) is 34.0 Å². The molecule has 0 atom stereocenters. The van der Waals surface area contributed by atoms with Crippen LogP contribution in [-0.2, 0) is 9.53 Å². The summed E-state index contributed by atoms with van der Waals surface area (Å²) in [6, 6.07) is 18.6. The molecular formula is C25H21N7O3S. The molecule has 3 aromatic heterocycles. The molecule has 11 heteroatoms. The maximum absolute atomic E-state index is 13.5. The highest BCUT2D eigenvalue weighted by Gasteiger charge is 2.21. The number of fused-ring (bicyclic) bond motifs is 1. The summed E-state index contributed by atoms with van der Waals surface area (Å²) in [4.78, 5) is 20.5. The number of tetrazole rings is 1. The Hall–Kier alpha value is -4.35. The number of anilines is 2. The minimum Gasteiger partial charge on any atom is -0.465 e. The number of carbonyl (C=O) groups is 1. The van der Waals surface area contributed by atoms with Crippen molar-refractivity contribution in [3.8, 4) is 11.4 Å². The number of hydrogen-bond acceptors (Lipinski definition) is 9. The zero-order valence-corrected chi connectivity index (χ0v) is 19.9. The zero-order chi connectivity index (χ0) is 24.3. The molecule has 0 saturated carbocycles. The van der Waals surface area contributed by atoms with Crippen LogP contribution in [0.15, 0.2) is 71.3 Å². The molecule has 4 heterocycles. The first-order valence-electron chi connectivity index (χ1n) is 11.4. The second-order valence-electron chi connectivity index (χ2n) is 8.06. The molecule has 5 aromatic rings. The van der Waals surface area contributed by atoms with Gasteiger partial charge in [0, 0.05) is 30.4 Å². The van der Waals surface area contributed by atoms with Crippen LogP contribution >= 0.6 is 11.3 Å². The molecule has 1 fully saturated rings. The number of nitrogens with one attached hydrogen (secondary N) is 1. The molecule has 1 N–H and O–H groups in total. The standard InChI is InChI=1S/C25H21N7O3S/c33-24(26-18-8-9-20-22(15-18)36-25(27-20)31-10-13-34-14-11-31)21(16-19-7-4-12-35-19)32-23(28-29-30-32)17-5-2-1-3-6-17/h1-9,12,15-16H,10-11,13-14H2,(H,26,33)/b21-16-. The normalized spacial score (nSPS) is 14.3. The lowest BCUT2D eigenvalue weighted by molar-refractivity contribution is -0.111. The molecule has 0 unspecified atom stereocenters. The molecule has 180 valence electrons. The van der Waals surface area contributed by atoms with Gasteiger partial charge >= 0.3 is 0 Å². The Bertz CT molecular complexity index is 1520. The van der Waals surface area contributed by atoms with Crippen molar-refractivity contribution < 1.29 is 13.9 Å². The van der Waals surface area contributed by atoms with Crippen LogP contribution in [0.3, 0.4) is 0 Å². The Labute approximate surface area is 209 Å². The van der Waals surface area contributed by atoms with Gasteiger partial charge in [0.15, 0.2) is 11.0 Å². The largest absolute Gasteiger partial charge is 0.465 e. The van der Waals surface area contributed by atoms with Crippen molar-refractivity contribution in [3.63, 3.8) is 0 Å². The van der Waals surface area contributed by atoms with Gasteiger partial charge in [-0.15, -0.1) is 5.10 Å². The molecule has 0 radical (unpaired) electrons. The average Bonchev–Trinajstić information content (AvgIpc) is 3.69. The number of morpholine rings is 1. The van der Waals surface area contributed by atoms with E-state index < -0.39 is 0 Å². The van der Waals surface area contributed by atoms with Crippen LogP contribution in [0, 0.1) is 0 Å². The number of rotatable bonds is 6. The minimum absolute atomic E-state index is 0.215. The second-order valence-corrected chi connectivity index (χ2v) is 9.07. The predicted octanol–water partition coefficient (Wildman–Crippen LogP) is 4.02. The van der Waals surface area contributed by atoms with Crippen molar-refractivity contribution in [3.05, 3.63) is 72.7 Å². The molecule has 6 rings (SSSR count). The number of ether oxygens (including phenoxy) is 1. The monoisotopic (exact) mass is 499 g/mol. The summed E-state index contributed by atoms with van der Waals surface area (Å²) in [5.41, 5.74) is 2.52. The molecule has 2 aromatic carbocycles. The van der Waals surface area contributed by atoms with Gasteiger partial charge in [-0.25, -0.2) is 4.98 Å². The van der Waals surface area contributed by atoms with E-state index in [1.54, 1.807) is 35.8 Å². The van der Waals surface area contributed by atoms with Crippen LogP contribution < -0.4 is 10.2 Å². The summed E-state index contributed by atoms with van der Waals surface area (Å²) < 4.78 is 13.3. The van der Waals surface area contributed by atoms with Gasteiger partial charge in [0.25, 0.3) is 5.91 Å². The van der Waals surface area contributed by atoms with Gasteiger partial charge in [-0.05, 0) is 40.8 Å². The highest BCUT2D eigenvalue weighted by Crippen LogP contribution is 2.31. The highest BCUT2D eigenvalue weighted by atomic mass is 32.1. The molecule has 1 aliphatic heterocycles. The Morgan fingerprint density at radius 3 is 2.72 bits per heavy atom. The molecule has 0 aliphatic carbocycles. The summed E-state index contributed by atoms with van der Waals surface area (Å²) in [7, 11) is 0. The van der Waals surface area contributed by atoms with Crippen LogP contribution in [0.2, 0.25) is 0 Å². The average molecular weight is 500 g/mol. The number of thiazole rings is 1. The Kier molecular flexibility index (Phi) is 5.98. The van der Waals surface area contributed by atoms with Crippen molar-refractivity contribution in [2.75, 3.05) is 36.5 Å². The third kappa shape index (κ3) is 4.49. The second kappa shape index (κ2) is 9.72. The fourth-order valence-electron chi connectivity index (χ4n) is 3.92. The highest BCUT2D eigenvalue weighted by molar-refractivity contribution is 7.22. The lowest BCUT2D eigenvalue weighted by Gasteiger charge is -2.25. The molecule has 0 bridgehead atoms. The summed E-state index contributed by atoms with van der Waals surface area (Å²) in [6.45, 7) is 3.04. The van der Waals surface area contributed by atoms with Gasteiger partial charge in [-0.2, -0.15) is 4.68 Å². The summed E-state index contributed by atoms with van der Waals surface area (Å²) >= 11 is 1.60. The van der Waals surface area contributed by atoms with Gasteiger partial charge in [-0.1, -0.05) is 41.7 Å². The topological polar surface area (TPSA) is 111 Å². The molecule has 1 amide bonds. The van der Waals surface area contributed by atoms with Gasteiger partial charge in [0.2, 0.25) is 0 Å². The number of aromatic nitrogens is 5. The van der Waals surface area contributed by atoms with Crippen LogP contribution in [0.5, 0.6) is 0 Å². The van der Waals surface area contributed by atoms with Gasteiger partial charge in [-0.3, -0.25) is 4.79 Å². The number of benzene rings is 2. The Morgan fingerprint density at radius 1 is 1.06 bits per heavy atom. The van der Waals surface area contributed by atoms with E-state index in [1.807, 2.05) is 48.5 Å². The summed E-state index contributed by atoms with van der Waals surface area (Å²) in [5.74, 6) is 0.562. The number of nitrogens with zero attached hydrogens (tertiary/aromatic N) is 6. The van der Waals surface area contributed by atoms with Crippen molar-refractivity contribution in [1.29, 1.82) is 0 Å². The van der Waals surface area contributed by atoms with Crippen molar-refractivity contribution in [1.82, 2.24) is 25.2 Å². The van der Waals surface area contributed by atoms with Gasteiger partial charge in [0.1, 0.15) is 11.5 Å². The fourth-order valence-corrected chi connectivity index (χ4v) is 4.98. The first-order valence-corrected chi connectivity index (χ1v) is 12.2. The van der Waals surface area contributed by atoms with Crippen LogP contribution in [0.25, 0.3) is 33.4 Å². The minimum atomic E-state index is -0.381. The lowest BCUT2D eigenvalue weighted by Crippen LogP contribution is -2.36.